The van der Waals surface area contributed by atoms with Crippen molar-refractivity contribution in [2.24, 2.45) is 0 Å². The average Bonchev–Trinajstić information content (AvgIpc) is 2.45. The first-order valence-corrected chi connectivity index (χ1v) is 6.13. The van der Waals surface area contributed by atoms with E-state index in [0.717, 1.165) is 17.7 Å². The van der Waals surface area contributed by atoms with Gasteiger partial charge in [-0.1, -0.05) is 31.2 Å². The average molecular weight is 243 g/mol. The summed E-state index contributed by atoms with van der Waals surface area (Å²) in [5, 5.41) is 10.3. The van der Waals surface area contributed by atoms with E-state index in [0.29, 0.717) is 12.3 Å². The van der Waals surface area contributed by atoms with Crippen molar-refractivity contribution in [3.8, 4) is 5.75 Å². The molecule has 0 radical (unpaired) electrons. The van der Waals surface area contributed by atoms with Crippen LogP contribution in [-0.4, -0.2) is 16.7 Å². The molecule has 3 nitrogen and oxygen atoms in total. The number of rotatable bonds is 5. The minimum atomic E-state index is -0.751. The molecule has 0 saturated heterocycles. The summed E-state index contributed by atoms with van der Waals surface area (Å²) in [6, 6.07) is 13.0. The predicted octanol–water partition coefficient (Wildman–Crippen LogP) is 2.95. The highest BCUT2D eigenvalue weighted by molar-refractivity contribution is 5.38. The molecular formula is C15H17NO2. The number of para-hydroxylation sites is 1. The van der Waals surface area contributed by atoms with Gasteiger partial charge in [0, 0.05) is 11.8 Å². The van der Waals surface area contributed by atoms with Gasteiger partial charge >= 0.3 is 0 Å². The van der Waals surface area contributed by atoms with E-state index in [2.05, 4.69) is 11.9 Å². The van der Waals surface area contributed by atoms with Crippen molar-refractivity contribution in [2.45, 2.75) is 19.4 Å². The second kappa shape index (κ2) is 6.17. The number of hydrogen-bond acceptors (Lipinski definition) is 3. The maximum Gasteiger partial charge on any atom is 0.125 e. The van der Waals surface area contributed by atoms with Crippen molar-refractivity contribution in [1.29, 1.82) is 0 Å². The molecule has 0 aliphatic carbocycles. The van der Waals surface area contributed by atoms with Crippen LogP contribution < -0.4 is 4.74 Å². The van der Waals surface area contributed by atoms with Gasteiger partial charge in [0.2, 0.25) is 0 Å². The number of hydrogen-bond donors (Lipinski definition) is 1. The Balaban J connectivity index is 2.27. The summed E-state index contributed by atoms with van der Waals surface area (Å²) in [5.41, 5.74) is 1.38. The quantitative estimate of drug-likeness (QED) is 0.878. The molecule has 0 amide bonds. The number of nitrogens with zero attached hydrogens (tertiary/aromatic N) is 1. The third-order valence-electron chi connectivity index (χ3n) is 2.64. The number of aliphatic hydroxyl groups is 1. The van der Waals surface area contributed by atoms with Gasteiger partial charge in [-0.3, -0.25) is 4.98 Å². The standard InChI is InChI=1S/C15H17NO2/c1-2-11-18-14-9-4-3-7-12(14)15(17)13-8-5-6-10-16-13/h3-10,15,17H,2,11H2,1H3. The van der Waals surface area contributed by atoms with Crippen LogP contribution in [0.4, 0.5) is 0 Å². The lowest BCUT2D eigenvalue weighted by Gasteiger charge is -2.15. The molecule has 94 valence electrons. The molecule has 0 aliphatic rings. The van der Waals surface area contributed by atoms with Crippen molar-refractivity contribution in [2.75, 3.05) is 6.61 Å². The van der Waals surface area contributed by atoms with Gasteiger partial charge < -0.3 is 9.84 Å². The van der Waals surface area contributed by atoms with E-state index in [1.165, 1.54) is 0 Å². The minimum Gasteiger partial charge on any atom is -0.493 e. The van der Waals surface area contributed by atoms with E-state index in [-0.39, 0.29) is 0 Å². The first-order valence-electron chi connectivity index (χ1n) is 6.13. The molecule has 1 atom stereocenters. The molecule has 18 heavy (non-hydrogen) atoms. The monoisotopic (exact) mass is 243 g/mol. The van der Waals surface area contributed by atoms with E-state index in [1.807, 2.05) is 36.4 Å². The second-order valence-electron chi connectivity index (χ2n) is 4.04. The predicted molar refractivity (Wildman–Crippen MR) is 70.5 cm³/mol. The zero-order valence-electron chi connectivity index (χ0n) is 10.4. The topological polar surface area (TPSA) is 42.4 Å². The number of benzene rings is 1. The van der Waals surface area contributed by atoms with E-state index in [1.54, 1.807) is 12.3 Å². The summed E-state index contributed by atoms with van der Waals surface area (Å²) in [7, 11) is 0. The number of aromatic nitrogens is 1. The number of aliphatic hydroxyl groups excluding tert-OH is 1. The van der Waals surface area contributed by atoms with Crippen molar-refractivity contribution in [3.63, 3.8) is 0 Å². The van der Waals surface area contributed by atoms with Crippen LogP contribution in [0, 0.1) is 0 Å². The molecule has 1 aromatic heterocycles. The molecule has 0 fully saturated rings. The SMILES string of the molecule is CCCOc1ccccc1C(O)c1ccccn1. The Hall–Kier alpha value is -1.87. The molecule has 1 N–H and O–H groups in total. The molecule has 0 spiro atoms. The minimum absolute atomic E-state index is 0.630. The Morgan fingerprint density at radius 2 is 1.94 bits per heavy atom. The van der Waals surface area contributed by atoms with Crippen LogP contribution in [0.3, 0.4) is 0 Å². The molecule has 3 heteroatoms. The van der Waals surface area contributed by atoms with Gasteiger partial charge in [-0.15, -0.1) is 0 Å². The van der Waals surface area contributed by atoms with Crippen molar-refractivity contribution >= 4 is 0 Å². The maximum atomic E-state index is 10.3. The lowest BCUT2D eigenvalue weighted by atomic mass is 10.0. The highest BCUT2D eigenvalue weighted by Crippen LogP contribution is 2.28. The third kappa shape index (κ3) is 2.87. The highest BCUT2D eigenvalue weighted by atomic mass is 16.5. The summed E-state index contributed by atoms with van der Waals surface area (Å²) >= 11 is 0. The van der Waals surface area contributed by atoms with Gasteiger partial charge in [-0.05, 0) is 24.6 Å². The van der Waals surface area contributed by atoms with Crippen LogP contribution in [0.2, 0.25) is 0 Å². The normalized spacial score (nSPS) is 12.1. The second-order valence-corrected chi connectivity index (χ2v) is 4.04. The third-order valence-corrected chi connectivity index (χ3v) is 2.64. The lowest BCUT2D eigenvalue weighted by molar-refractivity contribution is 0.206. The van der Waals surface area contributed by atoms with Gasteiger partial charge in [0.1, 0.15) is 11.9 Å². The molecular weight excluding hydrogens is 226 g/mol. The van der Waals surface area contributed by atoms with Crippen LogP contribution in [0.15, 0.2) is 48.7 Å². The fourth-order valence-electron chi connectivity index (χ4n) is 1.75. The highest BCUT2D eigenvalue weighted by Gasteiger charge is 2.15. The summed E-state index contributed by atoms with van der Waals surface area (Å²) in [4.78, 5) is 4.17. The van der Waals surface area contributed by atoms with Gasteiger partial charge in [0.25, 0.3) is 0 Å². The molecule has 0 aliphatic heterocycles. The van der Waals surface area contributed by atoms with E-state index in [9.17, 15) is 5.11 Å². The Morgan fingerprint density at radius 1 is 1.17 bits per heavy atom. The molecule has 0 saturated carbocycles. The van der Waals surface area contributed by atoms with Gasteiger partial charge in [0.05, 0.1) is 12.3 Å². The van der Waals surface area contributed by atoms with Crippen LogP contribution in [0.5, 0.6) is 5.75 Å². The first kappa shape index (κ1) is 12.6. The van der Waals surface area contributed by atoms with Crippen LogP contribution in [0.1, 0.15) is 30.7 Å². The van der Waals surface area contributed by atoms with E-state index in [4.69, 9.17) is 4.74 Å². The Bertz CT molecular complexity index is 485. The molecule has 1 aromatic carbocycles. The van der Waals surface area contributed by atoms with E-state index >= 15 is 0 Å². The van der Waals surface area contributed by atoms with Gasteiger partial charge in [-0.25, -0.2) is 0 Å². The zero-order chi connectivity index (χ0) is 12.8. The van der Waals surface area contributed by atoms with Crippen LogP contribution in [-0.2, 0) is 0 Å². The van der Waals surface area contributed by atoms with Crippen LogP contribution in [0.25, 0.3) is 0 Å². The molecule has 1 unspecified atom stereocenters. The van der Waals surface area contributed by atoms with Gasteiger partial charge in [-0.2, -0.15) is 0 Å². The molecule has 1 heterocycles. The summed E-state index contributed by atoms with van der Waals surface area (Å²) in [6.45, 7) is 2.70. The number of ether oxygens (including phenoxy) is 1. The smallest absolute Gasteiger partial charge is 0.125 e. The fraction of sp³-hybridized carbons (Fsp3) is 0.267. The first-order chi connectivity index (χ1) is 8.83. The Kier molecular flexibility index (Phi) is 4.31. The Morgan fingerprint density at radius 3 is 2.67 bits per heavy atom. The number of pyridine rings is 1. The lowest BCUT2D eigenvalue weighted by Crippen LogP contribution is -2.06. The van der Waals surface area contributed by atoms with Crippen molar-refractivity contribution < 1.29 is 9.84 Å². The van der Waals surface area contributed by atoms with Gasteiger partial charge in [0.15, 0.2) is 0 Å². The summed E-state index contributed by atoms with van der Waals surface area (Å²) < 4.78 is 5.64. The van der Waals surface area contributed by atoms with Crippen molar-refractivity contribution in [1.82, 2.24) is 4.98 Å². The molecule has 0 bridgehead atoms. The molecule has 2 rings (SSSR count). The van der Waals surface area contributed by atoms with Crippen LogP contribution >= 0.6 is 0 Å². The Labute approximate surface area is 107 Å². The fourth-order valence-corrected chi connectivity index (χ4v) is 1.75. The summed E-state index contributed by atoms with van der Waals surface area (Å²) in [5.74, 6) is 0.720. The largest absolute Gasteiger partial charge is 0.493 e. The van der Waals surface area contributed by atoms with E-state index < -0.39 is 6.10 Å². The van der Waals surface area contributed by atoms with Crippen molar-refractivity contribution in [3.05, 3.63) is 59.9 Å². The maximum absolute atomic E-state index is 10.3. The molecule has 2 aromatic rings. The zero-order valence-corrected chi connectivity index (χ0v) is 10.4. The summed E-state index contributed by atoms with van der Waals surface area (Å²) in [6.07, 6.45) is 1.86.